The molecule has 0 N–H and O–H groups in total. The molecule has 0 aromatic heterocycles. The second-order valence-corrected chi connectivity index (χ2v) is 4.80. The molecule has 19 heavy (non-hydrogen) atoms. The quantitative estimate of drug-likeness (QED) is 0.610. The van der Waals surface area contributed by atoms with Crippen molar-refractivity contribution < 1.29 is 4.79 Å². The predicted molar refractivity (Wildman–Crippen MR) is 77.4 cm³/mol. The summed E-state index contributed by atoms with van der Waals surface area (Å²) >= 11 is 0. The zero-order valence-corrected chi connectivity index (χ0v) is 11.1. The number of ketones is 1. The van der Waals surface area contributed by atoms with Crippen LogP contribution in [0.4, 0.5) is 0 Å². The van der Waals surface area contributed by atoms with Gasteiger partial charge in [0.25, 0.3) is 0 Å². The van der Waals surface area contributed by atoms with E-state index in [1.54, 1.807) is 19.9 Å². The Morgan fingerprint density at radius 2 is 1.84 bits per heavy atom. The lowest BCUT2D eigenvalue weighted by molar-refractivity contribution is -0.117. The van der Waals surface area contributed by atoms with E-state index < -0.39 is 0 Å². The lowest BCUT2D eigenvalue weighted by atomic mass is 9.99. The molecule has 2 aromatic carbocycles. The van der Waals surface area contributed by atoms with Crippen LogP contribution in [0.5, 0.6) is 0 Å². The van der Waals surface area contributed by atoms with Crippen LogP contribution in [-0.2, 0) is 4.79 Å². The van der Waals surface area contributed by atoms with Gasteiger partial charge in [0.1, 0.15) is 6.07 Å². The van der Waals surface area contributed by atoms with Crippen LogP contribution in [0.25, 0.3) is 16.8 Å². The van der Waals surface area contributed by atoms with Gasteiger partial charge in [-0.1, -0.05) is 50.2 Å². The Labute approximate surface area is 113 Å². The summed E-state index contributed by atoms with van der Waals surface area (Å²) in [5.74, 6) is -0.276. The Bertz CT molecular complexity index is 690. The smallest absolute Gasteiger partial charge is 0.175 e. The average Bonchev–Trinajstić information content (AvgIpc) is 2.43. The number of Topliss-reactive ketones (excluding diaryl/α,β-unsaturated/α-hetero) is 1. The molecule has 0 spiro atoms. The van der Waals surface area contributed by atoms with Gasteiger partial charge in [-0.2, -0.15) is 5.26 Å². The van der Waals surface area contributed by atoms with Crippen molar-refractivity contribution in [2.45, 2.75) is 13.8 Å². The molecule has 0 radical (unpaired) electrons. The molecule has 0 atom stereocenters. The number of nitrogens with zero attached hydrogens (tertiary/aromatic N) is 1. The van der Waals surface area contributed by atoms with Gasteiger partial charge in [-0.15, -0.1) is 0 Å². The molecule has 2 nitrogen and oxygen atoms in total. The van der Waals surface area contributed by atoms with Gasteiger partial charge >= 0.3 is 0 Å². The Morgan fingerprint density at radius 1 is 1.16 bits per heavy atom. The highest BCUT2D eigenvalue weighted by atomic mass is 16.1. The molecule has 94 valence electrons. The number of allylic oxidation sites excluding steroid dienone is 1. The van der Waals surface area contributed by atoms with Crippen molar-refractivity contribution in [3.05, 3.63) is 53.6 Å². The van der Waals surface area contributed by atoms with Crippen LogP contribution in [-0.4, -0.2) is 5.78 Å². The molecule has 0 saturated heterocycles. The fourth-order valence-electron chi connectivity index (χ4n) is 1.93. The lowest BCUT2D eigenvalue weighted by Crippen LogP contribution is -2.08. The zero-order valence-electron chi connectivity index (χ0n) is 11.1. The summed E-state index contributed by atoms with van der Waals surface area (Å²) in [6.07, 6.45) is 1.66. The first kappa shape index (κ1) is 13.0. The Balaban J connectivity index is 2.44. The minimum atomic E-state index is -0.161. The summed E-state index contributed by atoms with van der Waals surface area (Å²) in [7, 11) is 0. The van der Waals surface area contributed by atoms with Crippen molar-refractivity contribution in [1.29, 1.82) is 5.26 Å². The topological polar surface area (TPSA) is 40.9 Å². The van der Waals surface area contributed by atoms with E-state index in [4.69, 9.17) is 5.26 Å². The molecule has 0 amide bonds. The third kappa shape index (κ3) is 2.89. The van der Waals surface area contributed by atoms with E-state index in [1.807, 2.05) is 48.5 Å². The second-order valence-electron chi connectivity index (χ2n) is 4.80. The zero-order chi connectivity index (χ0) is 13.8. The number of rotatable bonds is 3. The molecule has 0 aliphatic rings. The molecular formula is C17H15NO. The summed E-state index contributed by atoms with van der Waals surface area (Å²) in [4.78, 5) is 11.9. The average molecular weight is 249 g/mol. The summed E-state index contributed by atoms with van der Waals surface area (Å²) in [5.41, 5.74) is 1.09. The normalized spacial score (nSPS) is 11.6. The maximum absolute atomic E-state index is 11.9. The Kier molecular flexibility index (Phi) is 3.77. The highest BCUT2D eigenvalue weighted by molar-refractivity contribution is 6.04. The molecule has 2 rings (SSSR count). The van der Waals surface area contributed by atoms with E-state index in [-0.39, 0.29) is 17.3 Å². The van der Waals surface area contributed by atoms with E-state index in [0.717, 1.165) is 16.3 Å². The summed E-state index contributed by atoms with van der Waals surface area (Å²) in [6, 6.07) is 15.9. The number of nitriles is 1. The van der Waals surface area contributed by atoms with Crippen molar-refractivity contribution in [3.63, 3.8) is 0 Å². The number of benzene rings is 2. The molecule has 2 aromatic rings. The molecule has 0 fully saturated rings. The SMILES string of the molecule is CC(C)C(=O)/C(C#N)=C/c1ccc2ccccc2c1. The van der Waals surface area contributed by atoms with E-state index in [2.05, 4.69) is 0 Å². The van der Waals surface area contributed by atoms with Gasteiger partial charge in [-0.25, -0.2) is 0 Å². The van der Waals surface area contributed by atoms with Crippen LogP contribution < -0.4 is 0 Å². The number of carbonyl (C=O) groups excluding carboxylic acids is 1. The van der Waals surface area contributed by atoms with Crippen LogP contribution in [0.15, 0.2) is 48.0 Å². The van der Waals surface area contributed by atoms with Gasteiger partial charge in [0, 0.05) is 5.92 Å². The van der Waals surface area contributed by atoms with Gasteiger partial charge in [-0.3, -0.25) is 4.79 Å². The highest BCUT2D eigenvalue weighted by Gasteiger charge is 2.13. The summed E-state index contributed by atoms with van der Waals surface area (Å²) in [6.45, 7) is 3.60. The van der Waals surface area contributed by atoms with Gasteiger partial charge in [0.05, 0.1) is 5.57 Å². The molecule has 0 bridgehead atoms. The van der Waals surface area contributed by atoms with Crippen molar-refractivity contribution in [1.82, 2.24) is 0 Å². The largest absolute Gasteiger partial charge is 0.293 e. The molecule has 2 heteroatoms. The van der Waals surface area contributed by atoms with E-state index in [1.165, 1.54) is 0 Å². The Hall–Kier alpha value is -2.40. The first-order valence-electron chi connectivity index (χ1n) is 6.26. The first-order chi connectivity index (χ1) is 9.11. The van der Waals surface area contributed by atoms with Crippen molar-refractivity contribution in [2.24, 2.45) is 5.92 Å². The number of carbonyl (C=O) groups is 1. The standard InChI is InChI=1S/C17H15NO/c1-12(2)17(19)16(11-18)10-13-7-8-14-5-3-4-6-15(14)9-13/h3-10,12H,1-2H3/b16-10+. The van der Waals surface area contributed by atoms with Crippen LogP contribution >= 0.6 is 0 Å². The molecule has 0 unspecified atom stereocenters. The number of hydrogen-bond donors (Lipinski definition) is 0. The van der Waals surface area contributed by atoms with E-state index >= 15 is 0 Å². The van der Waals surface area contributed by atoms with Crippen LogP contribution in [0, 0.1) is 17.2 Å². The van der Waals surface area contributed by atoms with Crippen molar-refractivity contribution in [3.8, 4) is 6.07 Å². The van der Waals surface area contributed by atoms with Crippen molar-refractivity contribution >= 4 is 22.6 Å². The lowest BCUT2D eigenvalue weighted by Gasteiger charge is -2.03. The summed E-state index contributed by atoms with van der Waals surface area (Å²) < 4.78 is 0. The van der Waals surface area contributed by atoms with E-state index in [9.17, 15) is 4.79 Å². The summed E-state index contributed by atoms with van der Waals surface area (Å²) in [5, 5.41) is 11.3. The van der Waals surface area contributed by atoms with Crippen LogP contribution in [0.2, 0.25) is 0 Å². The monoisotopic (exact) mass is 249 g/mol. The fraction of sp³-hybridized carbons (Fsp3) is 0.176. The van der Waals surface area contributed by atoms with Gasteiger partial charge in [0.15, 0.2) is 5.78 Å². The van der Waals surface area contributed by atoms with Crippen LogP contribution in [0.1, 0.15) is 19.4 Å². The van der Waals surface area contributed by atoms with E-state index in [0.29, 0.717) is 0 Å². The second kappa shape index (κ2) is 5.49. The van der Waals surface area contributed by atoms with Crippen LogP contribution in [0.3, 0.4) is 0 Å². The minimum Gasteiger partial charge on any atom is -0.293 e. The van der Waals surface area contributed by atoms with Crippen molar-refractivity contribution in [2.75, 3.05) is 0 Å². The maximum atomic E-state index is 11.9. The minimum absolute atomic E-state index is 0.115. The Morgan fingerprint density at radius 3 is 2.47 bits per heavy atom. The number of hydrogen-bond acceptors (Lipinski definition) is 2. The molecule has 0 aliphatic heterocycles. The third-order valence-corrected chi connectivity index (χ3v) is 2.99. The maximum Gasteiger partial charge on any atom is 0.175 e. The first-order valence-corrected chi connectivity index (χ1v) is 6.26. The van der Waals surface area contributed by atoms with Gasteiger partial charge < -0.3 is 0 Å². The molecule has 0 saturated carbocycles. The predicted octanol–water partition coefficient (Wildman–Crippen LogP) is 3.97. The van der Waals surface area contributed by atoms with Gasteiger partial charge in [-0.05, 0) is 28.5 Å². The fourth-order valence-corrected chi connectivity index (χ4v) is 1.93. The molecule has 0 heterocycles. The molecular weight excluding hydrogens is 234 g/mol. The molecule has 0 aliphatic carbocycles. The van der Waals surface area contributed by atoms with Gasteiger partial charge in [0.2, 0.25) is 0 Å². The third-order valence-electron chi connectivity index (χ3n) is 2.99. The number of fused-ring (bicyclic) bond motifs is 1. The highest BCUT2D eigenvalue weighted by Crippen LogP contribution is 2.18.